The summed E-state index contributed by atoms with van der Waals surface area (Å²) < 4.78 is 0. The maximum atomic E-state index is 10.4. The molecule has 0 aliphatic carbocycles. The second kappa shape index (κ2) is 5.09. The molecule has 0 spiro atoms. The summed E-state index contributed by atoms with van der Waals surface area (Å²) in [6.45, 7) is 3.79. The molecule has 18 heavy (non-hydrogen) atoms. The lowest BCUT2D eigenvalue weighted by Gasteiger charge is -2.31. The molecular formula is C16H20O2. The smallest absolute Gasteiger partial charge is 0.108 e. The van der Waals surface area contributed by atoms with Crippen molar-refractivity contribution in [2.45, 2.75) is 38.4 Å². The Morgan fingerprint density at radius 3 is 2.22 bits per heavy atom. The van der Waals surface area contributed by atoms with E-state index in [1.807, 2.05) is 56.3 Å². The third-order valence-electron chi connectivity index (χ3n) is 3.82. The van der Waals surface area contributed by atoms with E-state index >= 15 is 0 Å². The van der Waals surface area contributed by atoms with E-state index in [0.29, 0.717) is 12.8 Å². The van der Waals surface area contributed by atoms with Crippen molar-refractivity contribution in [2.24, 2.45) is 0 Å². The number of aliphatic hydroxyl groups is 2. The topological polar surface area (TPSA) is 40.5 Å². The summed E-state index contributed by atoms with van der Waals surface area (Å²) >= 11 is 0. The molecule has 0 bridgehead atoms. The van der Waals surface area contributed by atoms with E-state index in [2.05, 4.69) is 0 Å². The molecule has 0 amide bonds. The van der Waals surface area contributed by atoms with Gasteiger partial charge in [0.05, 0.1) is 5.60 Å². The molecule has 96 valence electrons. The van der Waals surface area contributed by atoms with Crippen LogP contribution in [0, 0.1) is 0 Å². The van der Waals surface area contributed by atoms with Gasteiger partial charge in [0.1, 0.15) is 6.10 Å². The molecule has 1 atom stereocenters. The predicted molar refractivity (Wildman–Crippen MR) is 74.4 cm³/mol. The fourth-order valence-corrected chi connectivity index (χ4v) is 2.32. The van der Waals surface area contributed by atoms with Crippen LogP contribution in [0.1, 0.15) is 38.4 Å². The summed E-state index contributed by atoms with van der Waals surface area (Å²) in [5.74, 6) is 0. The van der Waals surface area contributed by atoms with Crippen molar-refractivity contribution in [3.63, 3.8) is 0 Å². The third-order valence-corrected chi connectivity index (χ3v) is 3.82. The van der Waals surface area contributed by atoms with Gasteiger partial charge in [-0.05, 0) is 35.2 Å². The highest BCUT2D eigenvalue weighted by Crippen LogP contribution is 2.32. The van der Waals surface area contributed by atoms with Gasteiger partial charge in [0.2, 0.25) is 0 Å². The van der Waals surface area contributed by atoms with E-state index < -0.39 is 11.7 Å². The number of fused-ring (bicyclic) bond motifs is 1. The molecule has 0 aliphatic heterocycles. The Bertz CT molecular complexity index is 529. The van der Waals surface area contributed by atoms with Gasteiger partial charge in [-0.15, -0.1) is 0 Å². The van der Waals surface area contributed by atoms with Gasteiger partial charge in [-0.25, -0.2) is 0 Å². The van der Waals surface area contributed by atoms with E-state index in [1.54, 1.807) is 0 Å². The number of hydrogen-bond donors (Lipinski definition) is 2. The Morgan fingerprint density at radius 2 is 1.61 bits per heavy atom. The van der Waals surface area contributed by atoms with Crippen LogP contribution < -0.4 is 0 Å². The van der Waals surface area contributed by atoms with Crippen LogP contribution in [0.5, 0.6) is 0 Å². The molecule has 2 N–H and O–H groups in total. The maximum absolute atomic E-state index is 10.4. The number of hydrogen-bond acceptors (Lipinski definition) is 2. The lowest BCUT2D eigenvalue weighted by molar-refractivity contribution is -0.0820. The van der Waals surface area contributed by atoms with Crippen molar-refractivity contribution in [2.75, 3.05) is 0 Å². The Balaban J connectivity index is 2.42. The quantitative estimate of drug-likeness (QED) is 0.865. The second-order valence-electron chi connectivity index (χ2n) is 4.82. The minimum Gasteiger partial charge on any atom is -0.387 e. The Morgan fingerprint density at radius 1 is 1.00 bits per heavy atom. The largest absolute Gasteiger partial charge is 0.387 e. The standard InChI is InChI=1S/C16H20O2/c1-3-16(18,4-2)15(17)14-10-9-12-7-5-6-8-13(12)11-14/h5-11,15,17-18H,3-4H2,1-2H3. The van der Waals surface area contributed by atoms with Gasteiger partial charge in [0.15, 0.2) is 0 Å². The average Bonchev–Trinajstić information content (AvgIpc) is 2.45. The van der Waals surface area contributed by atoms with Crippen LogP contribution in [0.2, 0.25) is 0 Å². The zero-order chi connectivity index (χ0) is 13.2. The summed E-state index contributed by atoms with van der Waals surface area (Å²) in [6, 6.07) is 13.9. The highest BCUT2D eigenvalue weighted by molar-refractivity contribution is 5.83. The molecule has 2 nitrogen and oxygen atoms in total. The number of rotatable bonds is 4. The monoisotopic (exact) mass is 244 g/mol. The molecule has 0 aromatic heterocycles. The van der Waals surface area contributed by atoms with Crippen LogP contribution in [0.3, 0.4) is 0 Å². The van der Waals surface area contributed by atoms with Gasteiger partial charge in [-0.2, -0.15) is 0 Å². The Hall–Kier alpha value is -1.38. The normalized spacial score (nSPS) is 13.8. The van der Waals surface area contributed by atoms with Gasteiger partial charge < -0.3 is 10.2 Å². The first-order valence-electron chi connectivity index (χ1n) is 6.50. The first kappa shape index (κ1) is 13.1. The molecule has 2 aromatic carbocycles. The van der Waals surface area contributed by atoms with Crippen molar-refractivity contribution < 1.29 is 10.2 Å². The number of aliphatic hydroxyl groups excluding tert-OH is 1. The van der Waals surface area contributed by atoms with E-state index in [0.717, 1.165) is 16.3 Å². The second-order valence-corrected chi connectivity index (χ2v) is 4.82. The molecule has 0 heterocycles. The van der Waals surface area contributed by atoms with E-state index in [9.17, 15) is 10.2 Å². The van der Waals surface area contributed by atoms with Gasteiger partial charge in [-0.3, -0.25) is 0 Å². The SMILES string of the molecule is CCC(O)(CC)C(O)c1ccc2ccccc2c1. The van der Waals surface area contributed by atoms with E-state index in [-0.39, 0.29) is 0 Å². The van der Waals surface area contributed by atoms with E-state index in [4.69, 9.17) is 0 Å². The fourth-order valence-electron chi connectivity index (χ4n) is 2.32. The van der Waals surface area contributed by atoms with Crippen LogP contribution in [-0.2, 0) is 0 Å². The van der Waals surface area contributed by atoms with Crippen LogP contribution >= 0.6 is 0 Å². The van der Waals surface area contributed by atoms with Crippen molar-refractivity contribution in [1.29, 1.82) is 0 Å². The molecular weight excluding hydrogens is 224 g/mol. The molecule has 2 rings (SSSR count). The minimum atomic E-state index is -1.04. The van der Waals surface area contributed by atoms with Gasteiger partial charge in [-0.1, -0.05) is 50.2 Å². The van der Waals surface area contributed by atoms with Gasteiger partial charge in [0, 0.05) is 0 Å². The van der Waals surface area contributed by atoms with Crippen LogP contribution in [0.15, 0.2) is 42.5 Å². The molecule has 2 aromatic rings. The Kier molecular flexibility index (Phi) is 3.69. The average molecular weight is 244 g/mol. The van der Waals surface area contributed by atoms with E-state index in [1.165, 1.54) is 0 Å². The zero-order valence-electron chi connectivity index (χ0n) is 10.9. The lowest BCUT2D eigenvalue weighted by Crippen LogP contribution is -2.34. The molecule has 0 radical (unpaired) electrons. The molecule has 2 heteroatoms. The molecule has 0 saturated heterocycles. The molecule has 1 unspecified atom stereocenters. The first-order valence-corrected chi connectivity index (χ1v) is 6.50. The Labute approximate surface area is 108 Å². The first-order chi connectivity index (χ1) is 8.60. The van der Waals surface area contributed by atoms with Gasteiger partial charge >= 0.3 is 0 Å². The third kappa shape index (κ3) is 2.26. The summed E-state index contributed by atoms with van der Waals surface area (Å²) in [5.41, 5.74) is -0.262. The van der Waals surface area contributed by atoms with Crippen molar-refractivity contribution in [1.82, 2.24) is 0 Å². The van der Waals surface area contributed by atoms with Crippen LogP contribution in [0.25, 0.3) is 10.8 Å². The highest BCUT2D eigenvalue weighted by atomic mass is 16.3. The summed E-state index contributed by atoms with van der Waals surface area (Å²) in [5, 5.41) is 23.0. The van der Waals surface area contributed by atoms with Crippen molar-refractivity contribution in [3.05, 3.63) is 48.0 Å². The van der Waals surface area contributed by atoms with Crippen molar-refractivity contribution >= 4 is 10.8 Å². The van der Waals surface area contributed by atoms with Gasteiger partial charge in [0.25, 0.3) is 0 Å². The molecule has 0 saturated carbocycles. The minimum absolute atomic E-state index is 0.539. The van der Waals surface area contributed by atoms with Crippen LogP contribution in [-0.4, -0.2) is 15.8 Å². The highest BCUT2D eigenvalue weighted by Gasteiger charge is 2.32. The summed E-state index contributed by atoms with van der Waals surface area (Å²) in [4.78, 5) is 0. The molecule has 0 fully saturated rings. The van der Waals surface area contributed by atoms with Crippen molar-refractivity contribution in [3.8, 4) is 0 Å². The summed E-state index contributed by atoms with van der Waals surface area (Å²) in [7, 11) is 0. The fraction of sp³-hybridized carbons (Fsp3) is 0.375. The predicted octanol–water partition coefficient (Wildman–Crippen LogP) is 3.42. The molecule has 0 aliphatic rings. The lowest BCUT2D eigenvalue weighted by atomic mass is 9.86. The zero-order valence-corrected chi connectivity index (χ0v) is 10.9. The maximum Gasteiger partial charge on any atom is 0.108 e. The number of benzene rings is 2. The van der Waals surface area contributed by atoms with Crippen LogP contribution in [0.4, 0.5) is 0 Å². The summed E-state index contributed by atoms with van der Waals surface area (Å²) in [6.07, 6.45) is 0.242.